The van der Waals surface area contributed by atoms with Gasteiger partial charge in [-0.2, -0.15) is 0 Å². The Morgan fingerprint density at radius 2 is 0.438 bits per heavy atom. The molecule has 610 valence electrons. The van der Waals surface area contributed by atoms with Crippen molar-refractivity contribution in [1.29, 1.82) is 0 Å². The third-order valence-corrected chi connectivity index (χ3v) is 28.0. The van der Waals surface area contributed by atoms with Gasteiger partial charge in [-0.25, -0.2) is 0 Å². The highest BCUT2D eigenvalue weighted by atomic mass is 15.2. The van der Waals surface area contributed by atoms with Gasteiger partial charge in [0.1, 0.15) is 0 Å². The summed E-state index contributed by atoms with van der Waals surface area (Å²) >= 11 is 0. The van der Waals surface area contributed by atoms with E-state index in [1.165, 1.54) is 154 Å². The zero-order chi connectivity index (χ0) is 86.4. The number of anilines is 6. The third-order valence-electron chi connectivity index (χ3n) is 28.0. The summed E-state index contributed by atoms with van der Waals surface area (Å²) in [4.78, 5) is 5.03. The summed E-state index contributed by atoms with van der Waals surface area (Å²) in [5.74, 6) is 0. The summed E-state index contributed by atoms with van der Waals surface area (Å²) in [6.07, 6.45) is 0. The lowest BCUT2D eigenvalue weighted by atomic mass is 9.73. The van der Waals surface area contributed by atoms with Crippen molar-refractivity contribution in [2.75, 3.05) is 9.80 Å². The molecule has 2 aliphatic carbocycles. The zero-order valence-electron chi connectivity index (χ0n) is 72.2. The van der Waals surface area contributed by atoms with E-state index in [1.54, 1.807) is 0 Å². The molecule has 22 aromatic carbocycles. The monoisotopic (exact) mass is 1650 g/mol. The van der Waals surface area contributed by atoms with Crippen LogP contribution in [0.4, 0.5) is 34.1 Å². The van der Waals surface area contributed by atoms with E-state index in [1.807, 2.05) is 0 Å². The number of benzene rings is 22. The summed E-state index contributed by atoms with van der Waals surface area (Å²) < 4.78 is 0. The van der Waals surface area contributed by atoms with Gasteiger partial charge in [-0.3, -0.25) is 0 Å². The van der Waals surface area contributed by atoms with Crippen molar-refractivity contribution in [3.05, 3.63) is 531 Å². The average molecular weight is 1650 g/mol. The molecule has 0 heterocycles. The fraction of sp³-hybridized carbons (Fsp3) is 0.0312. The van der Waals surface area contributed by atoms with Crippen LogP contribution in [0.1, 0.15) is 47.2 Å². The van der Waals surface area contributed by atoms with E-state index in [2.05, 4.69) is 521 Å². The maximum atomic E-state index is 2.53. The van der Waals surface area contributed by atoms with Gasteiger partial charge in [0.2, 0.25) is 0 Å². The molecule has 0 amide bonds. The molecular weight excluding hydrogens is 1570 g/mol. The Hall–Kier alpha value is -16.5. The zero-order valence-corrected chi connectivity index (χ0v) is 72.2. The molecule has 0 aliphatic heterocycles. The summed E-state index contributed by atoms with van der Waals surface area (Å²) in [6, 6.07) is 185. The van der Waals surface area contributed by atoms with E-state index < -0.39 is 5.41 Å². The van der Waals surface area contributed by atoms with E-state index >= 15 is 0 Å². The first-order valence-corrected chi connectivity index (χ1v) is 45.2. The predicted octanol–water partition coefficient (Wildman–Crippen LogP) is 34.9. The normalized spacial score (nSPS) is 14.1. The second kappa shape index (κ2) is 31.9. The summed E-state index contributed by atoms with van der Waals surface area (Å²) in [7, 11) is 0. The smallest absolute Gasteiger partial charge is 0.0543 e. The van der Waals surface area contributed by atoms with Gasteiger partial charge in [-0.05, 0) is 281 Å². The number of hydrogen-bond donors (Lipinski definition) is 0. The Morgan fingerprint density at radius 1 is 0.154 bits per heavy atom. The van der Waals surface area contributed by atoms with Gasteiger partial charge in [0.15, 0.2) is 0 Å². The van der Waals surface area contributed by atoms with Crippen molar-refractivity contribution in [2.45, 2.75) is 24.7 Å². The lowest BCUT2D eigenvalue weighted by Crippen LogP contribution is -2.22. The second-order valence-corrected chi connectivity index (χ2v) is 35.3. The Morgan fingerprint density at radius 3 is 0.931 bits per heavy atom. The molecule has 2 unspecified atom stereocenters. The molecule has 0 fully saturated rings. The van der Waals surface area contributed by atoms with Gasteiger partial charge in [0.05, 0.1) is 17.1 Å². The largest absolute Gasteiger partial charge is 0.310 e. The third kappa shape index (κ3) is 13.3. The van der Waals surface area contributed by atoms with Crippen LogP contribution in [0.25, 0.3) is 165 Å². The lowest BCUT2D eigenvalue weighted by Gasteiger charge is -2.32. The average Bonchev–Trinajstić information content (AvgIpc) is 1.55. The van der Waals surface area contributed by atoms with Crippen LogP contribution >= 0.6 is 0 Å². The van der Waals surface area contributed by atoms with E-state index in [4.69, 9.17) is 0 Å². The van der Waals surface area contributed by atoms with Crippen molar-refractivity contribution >= 4 is 77.2 Å². The van der Waals surface area contributed by atoms with Crippen molar-refractivity contribution < 1.29 is 0 Å². The highest BCUT2D eigenvalue weighted by Gasteiger charge is 2.45. The summed E-state index contributed by atoms with van der Waals surface area (Å²) in [5.41, 5.74) is 39.4. The van der Waals surface area contributed by atoms with Crippen LogP contribution in [-0.2, 0) is 10.8 Å². The topological polar surface area (TPSA) is 6.48 Å². The summed E-state index contributed by atoms with van der Waals surface area (Å²) in [6.45, 7) is 4.85. The molecular formula is C128H88N2. The fourth-order valence-corrected chi connectivity index (χ4v) is 21.3. The maximum absolute atomic E-state index is 2.53. The Bertz CT molecular complexity index is 8180. The molecule has 2 atom stereocenters. The van der Waals surface area contributed by atoms with Crippen molar-refractivity contribution in [3.63, 3.8) is 0 Å². The highest BCUT2D eigenvalue weighted by molar-refractivity contribution is 6.03. The Balaban J connectivity index is 0.548. The number of fused-ring (bicyclic) bond motifs is 10. The van der Waals surface area contributed by atoms with Crippen LogP contribution in [-0.4, -0.2) is 0 Å². The first kappa shape index (κ1) is 77.1. The molecule has 2 aliphatic rings. The SMILES string of the molecule is CC1(c2ccccc2)c2ccccc2-c2c(N(c3cccc(-c4ccc(-c5ccc6ccccc6c5)cc4)c3)c3cccc(-c4ccc(-c5ccc6cc(-c7cccc(C8(C)c9ccccc9-c9c(N(c%10cccc(-c%11ccc(-c%12ccc%13ccccc%13c%12)cc%11)c%10)c%10ccccc%10-c%10ccc(-c%11cccc%12ccccc%11%12)cc%10)cccc98)c7)ccc6c5)cc4)c3)cccc21. The molecule has 0 saturated heterocycles. The van der Waals surface area contributed by atoms with Gasteiger partial charge in [0, 0.05) is 44.6 Å². The van der Waals surface area contributed by atoms with Crippen LogP contribution in [0, 0.1) is 0 Å². The minimum absolute atomic E-state index is 0.371. The maximum Gasteiger partial charge on any atom is 0.0543 e. The van der Waals surface area contributed by atoms with E-state index in [0.29, 0.717) is 0 Å². The Kier molecular flexibility index (Phi) is 18.9. The molecule has 0 radical (unpaired) electrons. The summed E-state index contributed by atoms with van der Waals surface area (Å²) in [5, 5.41) is 9.84. The number of para-hydroxylation sites is 1. The molecule has 2 heteroatoms. The van der Waals surface area contributed by atoms with Crippen LogP contribution in [0.15, 0.2) is 497 Å². The van der Waals surface area contributed by atoms with Crippen molar-refractivity contribution in [1.82, 2.24) is 0 Å². The molecule has 0 bridgehead atoms. The van der Waals surface area contributed by atoms with E-state index in [0.717, 1.165) is 78.6 Å². The first-order valence-electron chi connectivity index (χ1n) is 45.2. The molecule has 0 N–H and O–H groups in total. The molecule has 22 aromatic rings. The fourth-order valence-electron chi connectivity index (χ4n) is 21.3. The molecule has 0 spiro atoms. The number of rotatable bonds is 17. The standard InChI is InChI=1S/C128H88N2/c1-127(108-35-4-3-5-36-108)118-46-15-12-43-116(118)125-120(127)48-23-51-123(125)129(110-38-19-32-99(82-110)87-53-59-90(60-54-87)102-71-65-85-25-6-8-28-96(85)77-102)111-39-20-33-100(83-111)88-55-63-92(64-56-88)104-73-74-107-80-105(75-76-106(107)79-104)98-31-18-37-109(81-98)128(2)119-47-16-13-44-117(119)126-121(128)49-24-52-124(126)130(112-40-21-34-101(84-112)89-57-61-91(62-58-89)103-72-66-86-26-7-9-29-97(86)78-103)122-50-17-14-42-115(122)95-69-67-94(68-70-95)114-45-22-30-93-27-10-11-41-113(93)114/h3-84H,1-2H3. The first-order chi connectivity index (χ1) is 64.2. The second-order valence-electron chi connectivity index (χ2n) is 35.3. The van der Waals surface area contributed by atoms with Crippen LogP contribution < -0.4 is 9.80 Å². The molecule has 2 nitrogen and oxygen atoms in total. The molecule has 0 aromatic heterocycles. The van der Waals surface area contributed by atoms with Gasteiger partial charge >= 0.3 is 0 Å². The van der Waals surface area contributed by atoms with Gasteiger partial charge in [0.25, 0.3) is 0 Å². The molecule has 24 rings (SSSR count). The van der Waals surface area contributed by atoms with Crippen molar-refractivity contribution in [2.24, 2.45) is 0 Å². The predicted molar refractivity (Wildman–Crippen MR) is 550 cm³/mol. The van der Waals surface area contributed by atoms with Crippen LogP contribution in [0.3, 0.4) is 0 Å². The van der Waals surface area contributed by atoms with Gasteiger partial charge in [-0.1, -0.05) is 413 Å². The van der Waals surface area contributed by atoms with Gasteiger partial charge < -0.3 is 9.80 Å². The minimum Gasteiger partial charge on any atom is -0.310 e. The van der Waals surface area contributed by atoms with E-state index in [9.17, 15) is 0 Å². The molecule has 130 heavy (non-hydrogen) atoms. The van der Waals surface area contributed by atoms with Gasteiger partial charge in [-0.15, -0.1) is 0 Å². The van der Waals surface area contributed by atoms with E-state index in [-0.39, 0.29) is 5.41 Å². The minimum atomic E-state index is -0.524. The Labute approximate surface area is 759 Å². The number of nitrogens with zero attached hydrogens (tertiary/aromatic N) is 2. The number of hydrogen-bond acceptors (Lipinski definition) is 2. The molecule has 0 saturated carbocycles. The quantitative estimate of drug-likeness (QED) is 0.0896. The lowest BCUT2D eigenvalue weighted by molar-refractivity contribution is 0.714. The van der Waals surface area contributed by atoms with Crippen LogP contribution in [0.2, 0.25) is 0 Å². The highest BCUT2D eigenvalue weighted by Crippen LogP contribution is 2.60. The van der Waals surface area contributed by atoms with Crippen molar-refractivity contribution in [3.8, 4) is 122 Å². The van der Waals surface area contributed by atoms with Crippen LogP contribution in [0.5, 0.6) is 0 Å².